The molecule has 0 bridgehead atoms. The van der Waals surface area contributed by atoms with Gasteiger partial charge in [-0.2, -0.15) is 0 Å². The van der Waals surface area contributed by atoms with E-state index in [9.17, 15) is 0 Å². The Morgan fingerprint density at radius 1 is 0.246 bits per heavy atom. The molecule has 0 N–H and O–H groups in total. The van der Waals surface area contributed by atoms with E-state index < -0.39 is 0 Å². The number of fused-ring (bicyclic) bond motifs is 3. The van der Waals surface area contributed by atoms with Gasteiger partial charge in [-0.3, -0.25) is 0 Å². The van der Waals surface area contributed by atoms with Gasteiger partial charge in [-0.1, -0.05) is 194 Å². The van der Waals surface area contributed by atoms with Crippen molar-refractivity contribution in [2.24, 2.45) is 0 Å². The Morgan fingerprint density at radius 2 is 0.672 bits per heavy atom. The van der Waals surface area contributed by atoms with Gasteiger partial charge in [-0.05, 0) is 86.0 Å². The molecule has 0 amide bonds. The van der Waals surface area contributed by atoms with Gasteiger partial charge >= 0.3 is 0 Å². The lowest BCUT2D eigenvalue weighted by molar-refractivity contribution is 0.669. The molecule has 11 aromatic rings. The molecule has 0 saturated heterocycles. The molecule has 0 aliphatic rings. The zero-order valence-electron chi connectivity index (χ0n) is 33.1. The van der Waals surface area contributed by atoms with Crippen LogP contribution in [0.2, 0.25) is 0 Å². The molecule has 4 heteroatoms. The van der Waals surface area contributed by atoms with E-state index in [4.69, 9.17) is 19.4 Å². The third-order valence-electron chi connectivity index (χ3n) is 11.4. The molecule has 0 spiro atoms. The fourth-order valence-electron chi connectivity index (χ4n) is 8.32. The largest absolute Gasteiger partial charge is 0.456 e. The normalized spacial score (nSPS) is 11.3. The Kier molecular flexibility index (Phi) is 9.14. The number of furan rings is 1. The first-order chi connectivity index (χ1) is 30.2. The summed E-state index contributed by atoms with van der Waals surface area (Å²) in [6, 6.07) is 78.1. The van der Waals surface area contributed by atoms with Gasteiger partial charge in [0.1, 0.15) is 11.2 Å². The Bertz CT molecular complexity index is 3320. The number of hydrogen-bond donors (Lipinski definition) is 0. The Hall–Kier alpha value is -8.21. The van der Waals surface area contributed by atoms with Crippen LogP contribution in [0.1, 0.15) is 0 Å². The number of nitrogens with zero attached hydrogens (tertiary/aromatic N) is 3. The van der Waals surface area contributed by atoms with Crippen LogP contribution in [0.4, 0.5) is 0 Å². The van der Waals surface area contributed by atoms with Crippen LogP contribution in [0.5, 0.6) is 0 Å². The fraction of sp³-hybridized carbons (Fsp3) is 0. The van der Waals surface area contributed by atoms with Crippen LogP contribution in [-0.4, -0.2) is 15.0 Å². The van der Waals surface area contributed by atoms with Crippen molar-refractivity contribution in [1.82, 2.24) is 15.0 Å². The summed E-state index contributed by atoms with van der Waals surface area (Å²) < 4.78 is 6.56. The van der Waals surface area contributed by atoms with Gasteiger partial charge in [0.25, 0.3) is 0 Å². The number of hydrogen-bond acceptors (Lipinski definition) is 4. The highest BCUT2D eigenvalue weighted by Crippen LogP contribution is 2.40. The first-order valence-electron chi connectivity index (χ1n) is 20.5. The SMILES string of the molecule is c1ccc(-c2ccc(-c3cccc(-c4nc(-c5ccc(-c6ccccc6)c(-c6ccccc6)c5)nc(-c5ccc6c(c5)oc5cccc(-c7ccccc7)c56)n4)c3)cc2)cc1. The van der Waals surface area contributed by atoms with Gasteiger partial charge in [0.15, 0.2) is 17.5 Å². The molecule has 2 heterocycles. The van der Waals surface area contributed by atoms with Crippen LogP contribution in [0.15, 0.2) is 229 Å². The summed E-state index contributed by atoms with van der Waals surface area (Å²) in [7, 11) is 0. The second kappa shape index (κ2) is 15.5. The van der Waals surface area contributed by atoms with Crippen LogP contribution < -0.4 is 0 Å². The highest BCUT2D eigenvalue weighted by Gasteiger charge is 2.18. The molecule has 0 fully saturated rings. The van der Waals surface area contributed by atoms with Crippen LogP contribution in [0, 0.1) is 0 Å². The van der Waals surface area contributed by atoms with E-state index in [1.807, 2.05) is 30.3 Å². The summed E-state index contributed by atoms with van der Waals surface area (Å²) in [5, 5.41) is 2.13. The Balaban J connectivity index is 1.06. The van der Waals surface area contributed by atoms with Crippen molar-refractivity contribution in [2.45, 2.75) is 0 Å². The van der Waals surface area contributed by atoms with Crippen LogP contribution >= 0.6 is 0 Å². The highest BCUT2D eigenvalue weighted by molar-refractivity contribution is 6.13. The standard InChI is InChI=1S/C57H37N3O/c1-5-15-38(16-6-1)39-27-29-40(30-28-39)44-23-13-24-45(35-44)55-58-56(46-31-33-48(41-17-7-2-8-18-41)51(36-46)43-21-11-4-12-22-43)60-57(59-55)47-32-34-50-53(37-47)61-52-26-14-25-49(54(50)52)42-19-9-3-10-20-42/h1-37H. The van der Waals surface area contributed by atoms with E-state index in [0.29, 0.717) is 17.5 Å². The molecular weight excluding hydrogens is 743 g/mol. The van der Waals surface area contributed by atoms with E-state index in [1.54, 1.807) is 0 Å². The minimum atomic E-state index is 0.566. The maximum absolute atomic E-state index is 6.56. The molecule has 2 aromatic heterocycles. The summed E-state index contributed by atoms with van der Waals surface area (Å²) in [6.45, 7) is 0. The lowest BCUT2D eigenvalue weighted by atomic mass is 9.92. The maximum atomic E-state index is 6.56. The second-order valence-corrected chi connectivity index (χ2v) is 15.2. The number of aromatic nitrogens is 3. The lowest BCUT2D eigenvalue weighted by Crippen LogP contribution is -2.01. The van der Waals surface area contributed by atoms with E-state index in [0.717, 1.165) is 83.1 Å². The minimum absolute atomic E-state index is 0.566. The predicted molar refractivity (Wildman–Crippen MR) is 251 cm³/mol. The van der Waals surface area contributed by atoms with Gasteiger partial charge in [-0.15, -0.1) is 0 Å². The average molecular weight is 780 g/mol. The van der Waals surface area contributed by atoms with Crippen molar-refractivity contribution in [3.63, 3.8) is 0 Å². The topological polar surface area (TPSA) is 51.8 Å². The number of benzene rings is 9. The molecule has 286 valence electrons. The molecular formula is C57H37N3O. The minimum Gasteiger partial charge on any atom is -0.456 e. The summed E-state index contributed by atoms with van der Waals surface area (Å²) in [5.74, 6) is 1.74. The summed E-state index contributed by atoms with van der Waals surface area (Å²) in [4.78, 5) is 15.6. The van der Waals surface area contributed by atoms with Crippen molar-refractivity contribution in [3.05, 3.63) is 224 Å². The quantitative estimate of drug-likeness (QED) is 0.154. The van der Waals surface area contributed by atoms with E-state index in [-0.39, 0.29) is 0 Å². The zero-order valence-corrected chi connectivity index (χ0v) is 33.1. The third kappa shape index (κ3) is 6.96. The van der Waals surface area contributed by atoms with Crippen molar-refractivity contribution in [3.8, 4) is 89.8 Å². The molecule has 11 rings (SSSR count). The highest BCUT2D eigenvalue weighted by atomic mass is 16.3. The first-order valence-corrected chi connectivity index (χ1v) is 20.5. The molecule has 0 saturated carbocycles. The molecule has 0 atom stereocenters. The molecule has 9 aromatic carbocycles. The second-order valence-electron chi connectivity index (χ2n) is 15.2. The zero-order chi connectivity index (χ0) is 40.5. The molecule has 0 aliphatic carbocycles. The molecule has 0 radical (unpaired) electrons. The smallest absolute Gasteiger partial charge is 0.164 e. The Labute approximate surface area is 354 Å². The molecule has 61 heavy (non-hydrogen) atoms. The van der Waals surface area contributed by atoms with Crippen molar-refractivity contribution in [1.29, 1.82) is 0 Å². The van der Waals surface area contributed by atoms with Gasteiger partial charge in [0, 0.05) is 27.5 Å². The van der Waals surface area contributed by atoms with Crippen molar-refractivity contribution < 1.29 is 4.42 Å². The van der Waals surface area contributed by atoms with Crippen molar-refractivity contribution in [2.75, 3.05) is 0 Å². The Morgan fingerprint density at radius 3 is 1.30 bits per heavy atom. The summed E-state index contributed by atoms with van der Waals surface area (Å²) in [5.41, 5.74) is 15.6. The van der Waals surface area contributed by atoms with Gasteiger partial charge < -0.3 is 4.42 Å². The van der Waals surface area contributed by atoms with Crippen molar-refractivity contribution >= 4 is 21.9 Å². The average Bonchev–Trinajstić information content (AvgIpc) is 3.73. The number of rotatable bonds is 8. The molecule has 0 unspecified atom stereocenters. The maximum Gasteiger partial charge on any atom is 0.164 e. The third-order valence-corrected chi connectivity index (χ3v) is 11.4. The van der Waals surface area contributed by atoms with Gasteiger partial charge in [0.05, 0.1) is 0 Å². The van der Waals surface area contributed by atoms with E-state index in [2.05, 4.69) is 194 Å². The van der Waals surface area contributed by atoms with Crippen LogP contribution in [0.3, 0.4) is 0 Å². The fourth-order valence-corrected chi connectivity index (χ4v) is 8.32. The molecule has 4 nitrogen and oxygen atoms in total. The predicted octanol–water partition coefficient (Wildman–Crippen LogP) is 15.1. The lowest BCUT2D eigenvalue weighted by Gasteiger charge is -2.14. The van der Waals surface area contributed by atoms with E-state index >= 15 is 0 Å². The van der Waals surface area contributed by atoms with Crippen LogP contribution in [0.25, 0.3) is 112 Å². The summed E-state index contributed by atoms with van der Waals surface area (Å²) in [6.07, 6.45) is 0. The summed E-state index contributed by atoms with van der Waals surface area (Å²) >= 11 is 0. The van der Waals surface area contributed by atoms with E-state index in [1.165, 1.54) is 11.1 Å². The van der Waals surface area contributed by atoms with Crippen LogP contribution in [-0.2, 0) is 0 Å². The van der Waals surface area contributed by atoms with Gasteiger partial charge in [-0.25, -0.2) is 15.0 Å². The van der Waals surface area contributed by atoms with Gasteiger partial charge in [0.2, 0.25) is 0 Å². The monoisotopic (exact) mass is 779 g/mol. The molecule has 0 aliphatic heterocycles. The first kappa shape index (κ1) is 35.9.